The maximum Gasteiger partial charge on any atom is 0.222 e. The smallest absolute Gasteiger partial charge is 0.222 e. The van der Waals surface area contributed by atoms with Crippen molar-refractivity contribution in [2.24, 2.45) is 17.8 Å². The average molecular weight is 626 g/mol. The number of rotatable bonds is 8. The van der Waals surface area contributed by atoms with Crippen molar-refractivity contribution in [3.63, 3.8) is 0 Å². The molecule has 7 heteroatoms. The SMILES string of the molecule is CN(C)C(=O)CC1Cc2ccccc2C1=O.CN(C)CCC1Cc2ccccc2C1=O.CN(C)CCC1Cc2ccccc2C1O. The Hall–Kier alpha value is -3.65. The van der Waals surface area contributed by atoms with Gasteiger partial charge < -0.3 is 19.8 Å². The van der Waals surface area contributed by atoms with Crippen molar-refractivity contribution in [1.29, 1.82) is 0 Å². The van der Waals surface area contributed by atoms with Crippen LogP contribution in [0.15, 0.2) is 72.8 Å². The summed E-state index contributed by atoms with van der Waals surface area (Å²) in [6.07, 6.45) is 4.79. The molecule has 6 rings (SSSR count). The third-order valence-corrected chi connectivity index (χ3v) is 9.33. The van der Waals surface area contributed by atoms with Crippen LogP contribution in [-0.2, 0) is 24.1 Å². The Bertz CT molecular complexity index is 1500. The van der Waals surface area contributed by atoms with Crippen LogP contribution in [0.1, 0.15) is 68.3 Å². The first-order chi connectivity index (χ1) is 22.0. The fourth-order valence-electron chi connectivity index (χ4n) is 6.58. The summed E-state index contributed by atoms with van der Waals surface area (Å²) in [5.41, 5.74) is 6.51. The first kappa shape index (κ1) is 35.2. The minimum Gasteiger partial charge on any atom is -0.388 e. The van der Waals surface area contributed by atoms with Gasteiger partial charge in [0.25, 0.3) is 0 Å². The quantitative estimate of drug-likeness (QED) is 0.363. The van der Waals surface area contributed by atoms with Crippen LogP contribution in [0.25, 0.3) is 0 Å². The van der Waals surface area contributed by atoms with Crippen LogP contribution in [0.2, 0.25) is 0 Å². The van der Waals surface area contributed by atoms with Crippen molar-refractivity contribution in [3.8, 4) is 0 Å². The van der Waals surface area contributed by atoms with Crippen molar-refractivity contribution in [2.75, 3.05) is 55.4 Å². The molecule has 4 atom stereocenters. The van der Waals surface area contributed by atoms with Gasteiger partial charge in [-0.2, -0.15) is 0 Å². The molecular formula is C39H51N3O4. The second-order valence-electron chi connectivity index (χ2n) is 13.6. The summed E-state index contributed by atoms with van der Waals surface area (Å²) in [4.78, 5) is 41.4. The second-order valence-corrected chi connectivity index (χ2v) is 13.6. The third kappa shape index (κ3) is 8.99. The lowest BCUT2D eigenvalue weighted by atomic mass is 9.99. The predicted octanol–water partition coefficient (Wildman–Crippen LogP) is 5.36. The van der Waals surface area contributed by atoms with Crippen molar-refractivity contribution >= 4 is 17.5 Å². The molecule has 246 valence electrons. The lowest BCUT2D eigenvalue weighted by Gasteiger charge is -2.17. The fourth-order valence-corrected chi connectivity index (χ4v) is 6.58. The van der Waals surface area contributed by atoms with Gasteiger partial charge in [-0.3, -0.25) is 14.4 Å². The molecule has 0 heterocycles. The number of carbonyl (C=O) groups excluding carboxylic acids is 3. The van der Waals surface area contributed by atoms with Crippen LogP contribution in [0.5, 0.6) is 0 Å². The minimum atomic E-state index is -0.249. The van der Waals surface area contributed by atoms with Gasteiger partial charge in [-0.15, -0.1) is 0 Å². The summed E-state index contributed by atoms with van der Waals surface area (Å²) in [6.45, 7) is 2.04. The predicted molar refractivity (Wildman–Crippen MR) is 184 cm³/mol. The van der Waals surface area contributed by atoms with Gasteiger partial charge in [-0.05, 0) is 102 Å². The van der Waals surface area contributed by atoms with Crippen LogP contribution in [0, 0.1) is 17.8 Å². The number of carbonyl (C=O) groups is 3. The molecule has 0 fully saturated rings. The highest BCUT2D eigenvalue weighted by molar-refractivity contribution is 6.04. The van der Waals surface area contributed by atoms with Gasteiger partial charge in [0, 0.05) is 43.5 Å². The second kappa shape index (κ2) is 16.3. The van der Waals surface area contributed by atoms with Crippen molar-refractivity contribution < 1.29 is 19.5 Å². The van der Waals surface area contributed by atoms with Gasteiger partial charge in [-0.25, -0.2) is 0 Å². The Morgan fingerprint density at radius 3 is 1.65 bits per heavy atom. The first-order valence-corrected chi connectivity index (χ1v) is 16.5. The van der Waals surface area contributed by atoms with Crippen LogP contribution in [0.3, 0.4) is 0 Å². The Balaban J connectivity index is 0.000000157. The number of fused-ring (bicyclic) bond motifs is 3. The first-order valence-electron chi connectivity index (χ1n) is 16.5. The van der Waals surface area contributed by atoms with Crippen molar-refractivity contribution in [3.05, 3.63) is 106 Å². The van der Waals surface area contributed by atoms with E-state index in [0.29, 0.717) is 24.5 Å². The maximum absolute atomic E-state index is 12.0. The molecule has 46 heavy (non-hydrogen) atoms. The van der Waals surface area contributed by atoms with Gasteiger partial charge >= 0.3 is 0 Å². The summed E-state index contributed by atoms with van der Waals surface area (Å²) in [5, 5.41) is 10.1. The van der Waals surface area contributed by atoms with Gasteiger partial charge in [0.2, 0.25) is 5.91 Å². The normalized spacial score (nSPS) is 20.8. The highest BCUT2D eigenvalue weighted by Crippen LogP contribution is 2.37. The van der Waals surface area contributed by atoms with Crippen LogP contribution >= 0.6 is 0 Å². The zero-order chi connectivity index (χ0) is 33.4. The lowest BCUT2D eigenvalue weighted by molar-refractivity contribution is -0.129. The molecule has 0 spiro atoms. The molecule has 0 bridgehead atoms. The molecule has 0 aliphatic heterocycles. The molecule has 0 saturated carbocycles. The summed E-state index contributed by atoms with van der Waals surface area (Å²) in [7, 11) is 11.7. The topological polar surface area (TPSA) is 81.2 Å². The zero-order valence-electron chi connectivity index (χ0n) is 28.4. The van der Waals surface area contributed by atoms with E-state index >= 15 is 0 Å². The average Bonchev–Trinajstić information content (AvgIpc) is 3.66. The number of hydrogen-bond acceptors (Lipinski definition) is 6. The third-order valence-electron chi connectivity index (χ3n) is 9.33. The van der Waals surface area contributed by atoms with Gasteiger partial charge in [0.1, 0.15) is 0 Å². The van der Waals surface area contributed by atoms with E-state index in [-0.39, 0.29) is 29.6 Å². The standard InChI is InChI=1S/C13H15NO2.C13H19NO.C13H17NO/c1-14(2)12(15)8-10-7-9-5-3-4-6-11(9)13(10)16;2*1-14(2)8-7-11-9-10-5-3-4-6-12(10)13(11)15/h3-6,10H,7-8H2,1-2H3;3-6,11,13,15H,7-9H2,1-2H3;3-6,11H,7-9H2,1-2H3. The van der Waals surface area contributed by atoms with E-state index in [1.54, 1.807) is 14.1 Å². The van der Waals surface area contributed by atoms with Crippen LogP contribution in [0.4, 0.5) is 0 Å². The molecule has 3 aromatic rings. The highest BCUT2D eigenvalue weighted by atomic mass is 16.3. The van der Waals surface area contributed by atoms with Crippen molar-refractivity contribution in [1.82, 2.24) is 14.7 Å². The number of Topliss-reactive ketones (excluding diaryl/α,β-unsaturated/α-hetero) is 2. The molecule has 1 amide bonds. The molecule has 0 radical (unpaired) electrons. The van der Waals surface area contributed by atoms with E-state index in [2.05, 4.69) is 48.2 Å². The molecule has 7 nitrogen and oxygen atoms in total. The number of amides is 1. The zero-order valence-corrected chi connectivity index (χ0v) is 28.4. The van der Waals surface area contributed by atoms with E-state index in [1.165, 1.54) is 16.0 Å². The molecule has 0 aromatic heterocycles. The Morgan fingerprint density at radius 1 is 0.652 bits per heavy atom. The summed E-state index contributed by atoms with van der Waals surface area (Å²) in [5.74, 6) is 0.936. The minimum absolute atomic E-state index is 0.0196. The number of aliphatic hydroxyl groups excluding tert-OH is 1. The van der Waals surface area contributed by atoms with E-state index in [0.717, 1.165) is 61.0 Å². The Morgan fingerprint density at radius 2 is 1.13 bits per heavy atom. The summed E-state index contributed by atoms with van der Waals surface area (Å²) >= 11 is 0. The molecule has 0 saturated heterocycles. The fraction of sp³-hybridized carbons (Fsp3) is 0.462. The van der Waals surface area contributed by atoms with E-state index in [1.807, 2.05) is 62.6 Å². The maximum atomic E-state index is 12.0. The van der Waals surface area contributed by atoms with Crippen LogP contribution in [-0.4, -0.2) is 92.7 Å². The summed E-state index contributed by atoms with van der Waals surface area (Å²) < 4.78 is 0. The molecule has 3 aromatic carbocycles. The van der Waals surface area contributed by atoms with Gasteiger partial charge in [-0.1, -0.05) is 72.8 Å². The Kier molecular flexibility index (Phi) is 12.4. The number of nitrogens with zero attached hydrogens (tertiary/aromatic N) is 3. The molecule has 1 N–H and O–H groups in total. The highest BCUT2D eigenvalue weighted by Gasteiger charge is 2.32. The number of ketones is 2. The van der Waals surface area contributed by atoms with E-state index < -0.39 is 0 Å². The molecule has 3 aliphatic carbocycles. The molecule has 3 aliphatic rings. The molecular weight excluding hydrogens is 574 g/mol. The van der Waals surface area contributed by atoms with E-state index in [4.69, 9.17) is 0 Å². The van der Waals surface area contributed by atoms with E-state index in [9.17, 15) is 19.5 Å². The largest absolute Gasteiger partial charge is 0.388 e. The number of aliphatic hydroxyl groups is 1. The molecule has 4 unspecified atom stereocenters. The van der Waals surface area contributed by atoms with Gasteiger partial charge in [0.05, 0.1) is 6.10 Å². The Labute approximate surface area is 275 Å². The monoisotopic (exact) mass is 625 g/mol. The van der Waals surface area contributed by atoms with Crippen LogP contribution < -0.4 is 0 Å². The van der Waals surface area contributed by atoms with Gasteiger partial charge in [0.15, 0.2) is 11.6 Å². The lowest BCUT2D eigenvalue weighted by Crippen LogP contribution is -2.26. The number of hydrogen-bond donors (Lipinski definition) is 1. The number of benzene rings is 3. The van der Waals surface area contributed by atoms with Crippen molar-refractivity contribution in [2.45, 2.75) is 44.6 Å². The summed E-state index contributed by atoms with van der Waals surface area (Å²) in [6, 6.07) is 23.8.